The molecule has 1 amide bonds. The van der Waals surface area contributed by atoms with Gasteiger partial charge in [0.2, 0.25) is 5.91 Å². The van der Waals surface area contributed by atoms with E-state index in [2.05, 4.69) is 4.74 Å². The Morgan fingerprint density at radius 2 is 2.15 bits per heavy atom. The van der Waals surface area contributed by atoms with Crippen LogP contribution in [0.1, 0.15) is 12.0 Å². The van der Waals surface area contributed by atoms with Crippen molar-refractivity contribution in [3.63, 3.8) is 0 Å². The van der Waals surface area contributed by atoms with Crippen LogP contribution in [0.3, 0.4) is 0 Å². The molecular weight excluding hydrogens is 361 g/mol. The number of hydrogen-bond acceptors (Lipinski definition) is 6. The maximum absolute atomic E-state index is 13.0. The van der Waals surface area contributed by atoms with Gasteiger partial charge in [-0.3, -0.25) is 4.79 Å². The Balaban J connectivity index is 1.77. The molecule has 0 bridgehead atoms. The van der Waals surface area contributed by atoms with Crippen LogP contribution in [0.2, 0.25) is 0 Å². The van der Waals surface area contributed by atoms with Gasteiger partial charge in [-0.05, 0) is 30.2 Å². The number of halogens is 1. The Hall–Kier alpha value is -2.61. The second-order valence-electron chi connectivity index (χ2n) is 5.25. The van der Waals surface area contributed by atoms with Gasteiger partial charge >= 0.3 is 11.9 Å². The molecule has 1 saturated heterocycles. The molecule has 1 aromatic rings. The van der Waals surface area contributed by atoms with E-state index in [9.17, 15) is 18.8 Å². The fourth-order valence-corrected chi connectivity index (χ4v) is 3.10. The van der Waals surface area contributed by atoms with Crippen molar-refractivity contribution in [3.05, 3.63) is 52.8 Å². The van der Waals surface area contributed by atoms with Gasteiger partial charge in [0, 0.05) is 12.6 Å². The minimum atomic E-state index is -0.554. The Morgan fingerprint density at radius 1 is 1.35 bits per heavy atom. The van der Waals surface area contributed by atoms with E-state index in [0.717, 1.165) is 0 Å². The number of carbonyl (C=O) groups excluding carboxylic acids is 3. The maximum atomic E-state index is 13.0. The summed E-state index contributed by atoms with van der Waals surface area (Å²) in [5.74, 6) is -1.31. The first-order chi connectivity index (χ1) is 12.5. The fourth-order valence-electron chi connectivity index (χ4n) is 2.15. The fraction of sp³-hybridized carbons (Fsp3) is 0.278. The highest BCUT2D eigenvalue weighted by Crippen LogP contribution is 2.28. The second-order valence-corrected chi connectivity index (χ2v) is 6.24. The van der Waals surface area contributed by atoms with Crippen LogP contribution in [0.4, 0.5) is 4.39 Å². The van der Waals surface area contributed by atoms with Gasteiger partial charge in [0.25, 0.3) is 0 Å². The summed E-state index contributed by atoms with van der Waals surface area (Å²) in [6, 6.07) is 5.83. The lowest BCUT2D eigenvalue weighted by Crippen LogP contribution is -2.27. The molecule has 1 fully saturated rings. The SMILES string of the molecule is COC(=O)/C=C1/SCC(=O)N1CCCOC(=O)/C=C/c1cccc(F)c1. The zero-order valence-corrected chi connectivity index (χ0v) is 15.0. The average molecular weight is 379 g/mol. The number of amides is 1. The van der Waals surface area contributed by atoms with Crippen LogP contribution in [-0.4, -0.2) is 48.8 Å². The molecule has 138 valence electrons. The highest BCUT2D eigenvalue weighted by molar-refractivity contribution is 8.04. The van der Waals surface area contributed by atoms with E-state index < -0.39 is 11.9 Å². The third-order valence-electron chi connectivity index (χ3n) is 3.38. The summed E-state index contributed by atoms with van der Waals surface area (Å²) in [5, 5.41) is 0.527. The van der Waals surface area contributed by atoms with Crippen molar-refractivity contribution in [1.29, 1.82) is 0 Å². The third kappa shape index (κ3) is 6.03. The van der Waals surface area contributed by atoms with Crippen molar-refractivity contribution in [1.82, 2.24) is 4.90 Å². The smallest absolute Gasteiger partial charge is 0.333 e. The second kappa shape index (κ2) is 9.76. The van der Waals surface area contributed by atoms with Crippen LogP contribution < -0.4 is 0 Å². The van der Waals surface area contributed by atoms with E-state index >= 15 is 0 Å². The van der Waals surface area contributed by atoms with Gasteiger partial charge in [-0.15, -0.1) is 0 Å². The number of thioether (sulfide) groups is 1. The summed E-state index contributed by atoms with van der Waals surface area (Å²) in [6.07, 6.45) is 4.37. The van der Waals surface area contributed by atoms with E-state index in [0.29, 0.717) is 23.6 Å². The number of rotatable bonds is 7. The first kappa shape index (κ1) is 19.7. The molecule has 1 aliphatic rings. The van der Waals surface area contributed by atoms with Crippen molar-refractivity contribution in [2.24, 2.45) is 0 Å². The van der Waals surface area contributed by atoms with Crippen LogP contribution in [-0.2, 0) is 23.9 Å². The number of benzene rings is 1. The molecule has 2 rings (SSSR count). The van der Waals surface area contributed by atoms with Crippen LogP contribution >= 0.6 is 11.8 Å². The Bertz CT molecular complexity index is 747. The minimum absolute atomic E-state index is 0.109. The Morgan fingerprint density at radius 3 is 2.88 bits per heavy atom. The molecule has 1 aromatic carbocycles. The monoisotopic (exact) mass is 379 g/mol. The van der Waals surface area contributed by atoms with Crippen LogP contribution in [0.25, 0.3) is 6.08 Å². The predicted molar refractivity (Wildman–Crippen MR) is 95.3 cm³/mol. The van der Waals surface area contributed by atoms with Gasteiger partial charge in [0.05, 0.1) is 30.6 Å². The van der Waals surface area contributed by atoms with Crippen molar-refractivity contribution >= 4 is 35.7 Å². The summed E-state index contributed by atoms with van der Waals surface area (Å²) in [7, 11) is 1.27. The quantitative estimate of drug-likeness (QED) is 0.411. The molecule has 0 unspecified atom stereocenters. The van der Waals surface area contributed by atoms with E-state index in [1.165, 1.54) is 54.1 Å². The number of carbonyl (C=O) groups is 3. The van der Waals surface area contributed by atoms with Crippen molar-refractivity contribution in [2.75, 3.05) is 26.0 Å². The molecule has 0 radical (unpaired) electrons. The summed E-state index contributed by atoms with van der Waals surface area (Å²) in [5.41, 5.74) is 0.555. The first-order valence-corrected chi connectivity index (χ1v) is 8.81. The van der Waals surface area contributed by atoms with Gasteiger partial charge < -0.3 is 14.4 Å². The molecule has 8 heteroatoms. The largest absolute Gasteiger partial charge is 0.466 e. The summed E-state index contributed by atoms with van der Waals surface area (Å²) in [4.78, 5) is 36.3. The number of ether oxygens (including phenoxy) is 2. The van der Waals surface area contributed by atoms with Gasteiger partial charge in [-0.2, -0.15) is 0 Å². The lowest BCUT2D eigenvalue weighted by molar-refractivity contribution is -0.138. The van der Waals surface area contributed by atoms with E-state index in [1.54, 1.807) is 12.1 Å². The maximum Gasteiger partial charge on any atom is 0.333 e. The number of nitrogens with zero attached hydrogens (tertiary/aromatic N) is 1. The lowest BCUT2D eigenvalue weighted by atomic mass is 10.2. The molecule has 26 heavy (non-hydrogen) atoms. The van der Waals surface area contributed by atoms with Crippen LogP contribution in [0.5, 0.6) is 0 Å². The van der Waals surface area contributed by atoms with Crippen LogP contribution in [0, 0.1) is 5.82 Å². The van der Waals surface area contributed by atoms with Gasteiger partial charge in [-0.25, -0.2) is 14.0 Å². The summed E-state index contributed by atoms with van der Waals surface area (Å²) >= 11 is 1.26. The lowest BCUT2D eigenvalue weighted by Gasteiger charge is -2.16. The Labute approximate surface area is 154 Å². The molecule has 0 aromatic heterocycles. The molecule has 0 spiro atoms. The zero-order chi connectivity index (χ0) is 18.9. The van der Waals surface area contributed by atoms with E-state index in [4.69, 9.17) is 4.74 Å². The topological polar surface area (TPSA) is 72.9 Å². The van der Waals surface area contributed by atoms with E-state index in [-0.39, 0.29) is 24.1 Å². The molecule has 1 heterocycles. The Kier molecular flexibility index (Phi) is 7.40. The van der Waals surface area contributed by atoms with E-state index in [1.807, 2.05) is 0 Å². The standard InChI is InChI=1S/C18H18FNO5S/c1-24-18(23)11-16-20(15(21)12-26-16)8-3-9-25-17(22)7-6-13-4-2-5-14(19)10-13/h2,4-7,10-11H,3,8-9,12H2,1H3/b7-6+,16-11+. The molecule has 0 aliphatic carbocycles. The summed E-state index contributed by atoms with van der Waals surface area (Å²) < 4.78 is 22.6. The minimum Gasteiger partial charge on any atom is -0.466 e. The number of hydrogen-bond donors (Lipinski definition) is 0. The molecular formula is C18H18FNO5S. The highest BCUT2D eigenvalue weighted by Gasteiger charge is 2.26. The highest BCUT2D eigenvalue weighted by atomic mass is 32.2. The molecule has 6 nitrogen and oxygen atoms in total. The van der Waals surface area contributed by atoms with Gasteiger partial charge in [0.1, 0.15) is 5.82 Å². The van der Waals surface area contributed by atoms with Gasteiger partial charge in [0.15, 0.2) is 0 Å². The molecule has 1 aliphatic heterocycles. The normalized spacial score (nSPS) is 15.7. The average Bonchev–Trinajstić information content (AvgIpc) is 2.96. The summed E-state index contributed by atoms with van der Waals surface area (Å²) in [6.45, 7) is 0.446. The van der Waals surface area contributed by atoms with Crippen molar-refractivity contribution < 1.29 is 28.2 Å². The van der Waals surface area contributed by atoms with Gasteiger partial charge in [-0.1, -0.05) is 23.9 Å². The van der Waals surface area contributed by atoms with Crippen LogP contribution in [0.15, 0.2) is 41.4 Å². The zero-order valence-electron chi connectivity index (χ0n) is 14.1. The first-order valence-electron chi connectivity index (χ1n) is 7.83. The molecule has 0 N–H and O–H groups in total. The van der Waals surface area contributed by atoms with Crippen molar-refractivity contribution in [2.45, 2.75) is 6.42 Å². The number of methoxy groups -OCH3 is 1. The van der Waals surface area contributed by atoms with Crippen molar-refractivity contribution in [3.8, 4) is 0 Å². The molecule has 0 saturated carbocycles. The third-order valence-corrected chi connectivity index (χ3v) is 4.41. The molecule has 0 atom stereocenters. The predicted octanol–water partition coefficient (Wildman–Crippen LogP) is 2.36. The number of esters is 2.